The Bertz CT molecular complexity index is 725. The van der Waals surface area contributed by atoms with Gasteiger partial charge in [0.2, 0.25) is 5.91 Å². The predicted molar refractivity (Wildman–Crippen MR) is 90.2 cm³/mol. The Morgan fingerprint density at radius 1 is 1.29 bits per heavy atom. The van der Waals surface area contributed by atoms with Crippen LogP contribution in [0.5, 0.6) is 0 Å². The van der Waals surface area contributed by atoms with E-state index in [2.05, 4.69) is 10.2 Å². The third-order valence-electron chi connectivity index (χ3n) is 5.89. The summed E-state index contributed by atoms with van der Waals surface area (Å²) in [5.74, 6) is 0.685. The molecule has 2 fully saturated rings. The van der Waals surface area contributed by atoms with Gasteiger partial charge in [0, 0.05) is 19.0 Å². The molecule has 0 spiro atoms. The first-order chi connectivity index (χ1) is 11.6. The minimum Gasteiger partial charge on any atom is -0.390 e. The molecule has 3 atom stereocenters. The van der Waals surface area contributed by atoms with Gasteiger partial charge in [-0.05, 0) is 37.3 Å². The average molecular weight is 328 g/mol. The molecule has 4 rings (SSSR count). The summed E-state index contributed by atoms with van der Waals surface area (Å²) in [7, 11) is 0. The fraction of sp³-hybridized carbons (Fsp3) is 0.611. The van der Waals surface area contributed by atoms with Gasteiger partial charge in [0.25, 0.3) is 0 Å². The maximum atomic E-state index is 12.7. The van der Waals surface area contributed by atoms with Gasteiger partial charge in [0.1, 0.15) is 17.6 Å². The minimum absolute atomic E-state index is 0.0446. The Labute approximate surface area is 141 Å². The van der Waals surface area contributed by atoms with E-state index < -0.39 is 5.60 Å². The third kappa shape index (κ3) is 2.59. The van der Waals surface area contributed by atoms with Gasteiger partial charge in [0.15, 0.2) is 0 Å². The van der Waals surface area contributed by atoms with E-state index in [4.69, 9.17) is 0 Å². The third-order valence-corrected chi connectivity index (χ3v) is 5.89. The van der Waals surface area contributed by atoms with Gasteiger partial charge < -0.3 is 10.0 Å². The minimum atomic E-state index is -0.601. The Hall–Kier alpha value is -1.95. The number of rotatable bonds is 3. The van der Waals surface area contributed by atoms with Crippen molar-refractivity contribution in [2.45, 2.75) is 44.8 Å². The standard InChI is InChI=1S/C18H24N4O2/c1-2-18(24)9-5-6-13-10-21(11-14(13)18)17(23)12-22-19-15-7-3-4-8-16(15)20-22/h3-4,7-8,13-14,24H,2,5-6,9-12H2,1H3/t13-,14+,18-/m0/s1. The van der Waals surface area contributed by atoms with Gasteiger partial charge in [-0.3, -0.25) is 4.79 Å². The fourth-order valence-electron chi connectivity index (χ4n) is 4.47. The van der Waals surface area contributed by atoms with Crippen LogP contribution in [0.25, 0.3) is 11.0 Å². The number of carbonyl (C=O) groups excluding carboxylic acids is 1. The van der Waals surface area contributed by atoms with Crippen LogP contribution in [0.2, 0.25) is 0 Å². The Morgan fingerprint density at radius 2 is 2.00 bits per heavy atom. The lowest BCUT2D eigenvalue weighted by molar-refractivity contribution is -0.131. The monoisotopic (exact) mass is 328 g/mol. The molecule has 1 aromatic carbocycles. The molecule has 2 aromatic rings. The highest BCUT2D eigenvalue weighted by atomic mass is 16.3. The molecule has 0 bridgehead atoms. The maximum Gasteiger partial charge on any atom is 0.246 e. The summed E-state index contributed by atoms with van der Waals surface area (Å²) < 4.78 is 0. The zero-order valence-electron chi connectivity index (χ0n) is 14.1. The van der Waals surface area contributed by atoms with Crippen molar-refractivity contribution in [3.05, 3.63) is 24.3 Å². The van der Waals surface area contributed by atoms with Crippen LogP contribution in [0.1, 0.15) is 32.6 Å². The normalized spacial score (nSPS) is 29.8. The summed E-state index contributed by atoms with van der Waals surface area (Å²) in [5, 5.41) is 19.6. The van der Waals surface area contributed by atoms with Gasteiger partial charge in [-0.1, -0.05) is 25.5 Å². The van der Waals surface area contributed by atoms with Crippen LogP contribution in [0.3, 0.4) is 0 Å². The summed E-state index contributed by atoms with van der Waals surface area (Å²) in [6, 6.07) is 7.63. The van der Waals surface area contributed by atoms with Crippen LogP contribution in [0.15, 0.2) is 24.3 Å². The van der Waals surface area contributed by atoms with Gasteiger partial charge in [0.05, 0.1) is 5.60 Å². The van der Waals surface area contributed by atoms with Crippen molar-refractivity contribution in [1.82, 2.24) is 19.9 Å². The number of nitrogens with zero attached hydrogens (tertiary/aromatic N) is 4. The van der Waals surface area contributed by atoms with Gasteiger partial charge >= 0.3 is 0 Å². The van der Waals surface area contributed by atoms with E-state index in [9.17, 15) is 9.90 Å². The number of amides is 1. The van der Waals surface area contributed by atoms with Crippen molar-refractivity contribution in [3.8, 4) is 0 Å². The van der Waals surface area contributed by atoms with Crippen molar-refractivity contribution in [1.29, 1.82) is 0 Å². The van der Waals surface area contributed by atoms with E-state index in [0.29, 0.717) is 12.5 Å². The quantitative estimate of drug-likeness (QED) is 0.933. The van der Waals surface area contributed by atoms with Gasteiger partial charge in [-0.15, -0.1) is 0 Å². The maximum absolute atomic E-state index is 12.7. The number of benzene rings is 1. The summed E-state index contributed by atoms with van der Waals surface area (Å²) >= 11 is 0. The van der Waals surface area contributed by atoms with Gasteiger partial charge in [-0.2, -0.15) is 15.0 Å². The number of aromatic nitrogens is 3. The lowest BCUT2D eigenvalue weighted by Crippen LogP contribution is -2.44. The van der Waals surface area contributed by atoms with Crippen LogP contribution >= 0.6 is 0 Å². The van der Waals surface area contributed by atoms with E-state index in [1.165, 1.54) is 4.80 Å². The van der Waals surface area contributed by atoms with E-state index in [0.717, 1.165) is 43.3 Å². The molecule has 1 saturated heterocycles. The zero-order chi connectivity index (χ0) is 16.7. The van der Waals surface area contributed by atoms with Crippen LogP contribution in [-0.2, 0) is 11.3 Å². The molecule has 24 heavy (non-hydrogen) atoms. The van der Waals surface area contributed by atoms with Crippen LogP contribution in [0.4, 0.5) is 0 Å². The van der Waals surface area contributed by atoms with Gasteiger partial charge in [-0.25, -0.2) is 0 Å². The van der Waals surface area contributed by atoms with Crippen LogP contribution in [0, 0.1) is 11.8 Å². The first-order valence-electron chi connectivity index (χ1n) is 8.89. The Kier molecular flexibility index (Phi) is 3.79. The largest absolute Gasteiger partial charge is 0.390 e. The fourth-order valence-corrected chi connectivity index (χ4v) is 4.47. The van der Waals surface area contributed by atoms with Crippen molar-refractivity contribution in [2.75, 3.05) is 13.1 Å². The van der Waals surface area contributed by atoms with Crippen molar-refractivity contribution < 1.29 is 9.90 Å². The molecule has 2 aliphatic rings. The predicted octanol–water partition coefficient (Wildman–Crippen LogP) is 1.83. The van der Waals surface area contributed by atoms with E-state index >= 15 is 0 Å². The molecule has 1 saturated carbocycles. The molecular formula is C18H24N4O2. The molecule has 1 amide bonds. The molecule has 1 aromatic heterocycles. The SMILES string of the molecule is CC[C@]1(O)CCC[C@H]2CN(C(=O)Cn3nc4ccccc4n3)C[C@H]21. The lowest BCUT2D eigenvalue weighted by atomic mass is 9.69. The lowest BCUT2D eigenvalue weighted by Gasteiger charge is -2.40. The number of hydrogen-bond acceptors (Lipinski definition) is 4. The molecule has 1 aliphatic carbocycles. The number of fused-ring (bicyclic) bond motifs is 2. The number of carbonyl (C=O) groups is 1. The molecular weight excluding hydrogens is 304 g/mol. The average Bonchev–Trinajstić information content (AvgIpc) is 3.19. The molecule has 128 valence electrons. The zero-order valence-corrected chi connectivity index (χ0v) is 14.1. The first kappa shape index (κ1) is 15.6. The summed E-state index contributed by atoms with van der Waals surface area (Å²) in [6.45, 7) is 3.63. The van der Waals surface area contributed by atoms with E-state index in [-0.39, 0.29) is 18.4 Å². The molecule has 6 heteroatoms. The molecule has 2 heterocycles. The molecule has 1 aliphatic heterocycles. The second-order valence-corrected chi connectivity index (χ2v) is 7.23. The first-order valence-corrected chi connectivity index (χ1v) is 8.89. The van der Waals surface area contributed by atoms with E-state index in [1.807, 2.05) is 36.1 Å². The Balaban J connectivity index is 1.47. The van der Waals surface area contributed by atoms with E-state index in [1.54, 1.807) is 0 Å². The molecule has 6 nitrogen and oxygen atoms in total. The smallest absolute Gasteiger partial charge is 0.246 e. The highest BCUT2D eigenvalue weighted by Crippen LogP contribution is 2.44. The highest BCUT2D eigenvalue weighted by Gasteiger charge is 2.48. The molecule has 0 unspecified atom stereocenters. The summed E-state index contributed by atoms with van der Waals surface area (Å²) in [4.78, 5) is 16.1. The second-order valence-electron chi connectivity index (χ2n) is 7.23. The number of hydrogen-bond donors (Lipinski definition) is 1. The Morgan fingerprint density at radius 3 is 2.67 bits per heavy atom. The number of aliphatic hydroxyl groups is 1. The van der Waals surface area contributed by atoms with Crippen molar-refractivity contribution >= 4 is 16.9 Å². The molecule has 0 radical (unpaired) electrons. The van der Waals surface area contributed by atoms with Crippen molar-refractivity contribution in [2.24, 2.45) is 11.8 Å². The highest BCUT2D eigenvalue weighted by molar-refractivity contribution is 5.77. The van der Waals surface area contributed by atoms with Crippen LogP contribution < -0.4 is 0 Å². The van der Waals surface area contributed by atoms with Crippen LogP contribution in [-0.4, -0.2) is 49.6 Å². The topological polar surface area (TPSA) is 71.2 Å². The molecule has 1 N–H and O–H groups in total. The van der Waals surface area contributed by atoms with Crippen molar-refractivity contribution in [3.63, 3.8) is 0 Å². The second kappa shape index (κ2) is 5.84. The summed E-state index contributed by atoms with van der Waals surface area (Å²) in [5.41, 5.74) is 1.01. The summed E-state index contributed by atoms with van der Waals surface area (Å²) in [6.07, 6.45) is 3.79. The number of likely N-dealkylation sites (tertiary alicyclic amines) is 1.